The van der Waals surface area contributed by atoms with Crippen molar-refractivity contribution in [3.8, 4) is 0 Å². The number of nitrogens with two attached hydrogens (primary N) is 1. The molecule has 0 aromatic heterocycles. The van der Waals surface area contributed by atoms with E-state index in [4.69, 9.17) is 5.73 Å². The van der Waals surface area contributed by atoms with Gasteiger partial charge in [0.1, 0.15) is 0 Å². The number of sulfonamides is 1. The van der Waals surface area contributed by atoms with Crippen molar-refractivity contribution in [1.29, 1.82) is 0 Å². The molecule has 0 saturated heterocycles. The lowest BCUT2D eigenvalue weighted by Gasteiger charge is -2.22. The third-order valence-electron chi connectivity index (χ3n) is 3.42. The molecule has 0 amide bonds. The normalized spacial score (nSPS) is 15.8. The topological polar surface area (TPSA) is 66.6 Å². The average molecular weight is 283 g/mol. The fourth-order valence-electron chi connectivity index (χ4n) is 2.04. The second kappa shape index (κ2) is 5.02. The number of rotatable bonds is 5. The zero-order chi connectivity index (χ0) is 14.2. The summed E-state index contributed by atoms with van der Waals surface area (Å²) in [7, 11) is 1.60. The Hall–Kier alpha value is -1.27. The summed E-state index contributed by atoms with van der Waals surface area (Å²) in [4.78, 5) is 2.33. The predicted octanol–water partition coefficient (Wildman–Crippen LogP) is 1.37. The van der Waals surface area contributed by atoms with Crippen LogP contribution < -0.4 is 10.6 Å². The maximum Gasteiger partial charge on any atom is 0.242 e. The lowest BCUT2D eigenvalue weighted by Crippen LogP contribution is -2.24. The van der Waals surface area contributed by atoms with Crippen molar-refractivity contribution >= 4 is 21.4 Å². The van der Waals surface area contributed by atoms with Gasteiger partial charge in [0.15, 0.2) is 0 Å². The first kappa shape index (κ1) is 14.1. The van der Waals surface area contributed by atoms with Crippen molar-refractivity contribution in [2.75, 3.05) is 38.3 Å². The molecule has 1 aromatic rings. The van der Waals surface area contributed by atoms with Gasteiger partial charge in [0.25, 0.3) is 0 Å². The maximum atomic E-state index is 12.0. The summed E-state index contributed by atoms with van der Waals surface area (Å²) >= 11 is 0. The molecule has 0 heterocycles. The van der Waals surface area contributed by atoms with E-state index in [2.05, 4.69) is 4.90 Å². The fourth-order valence-corrected chi connectivity index (χ4v) is 2.98. The highest BCUT2D eigenvalue weighted by Crippen LogP contribution is 2.33. The van der Waals surface area contributed by atoms with Crippen LogP contribution in [0.15, 0.2) is 23.1 Å². The molecule has 1 fully saturated rings. The van der Waals surface area contributed by atoms with Crippen molar-refractivity contribution in [2.24, 2.45) is 5.92 Å². The molecule has 1 aromatic carbocycles. The Morgan fingerprint density at radius 1 is 1.26 bits per heavy atom. The quantitative estimate of drug-likeness (QED) is 0.829. The fraction of sp³-hybridized carbons (Fsp3) is 0.538. The molecule has 2 rings (SSSR count). The standard InChI is InChI=1S/C13H21N3O2S/c1-15(2)19(17,18)11-6-7-13(12(14)8-11)16(3)9-10-4-5-10/h6-8,10H,4-5,9,14H2,1-3H3. The second-order valence-electron chi connectivity index (χ2n) is 5.33. The highest BCUT2D eigenvalue weighted by molar-refractivity contribution is 7.89. The number of hydrogen-bond donors (Lipinski definition) is 1. The van der Waals surface area contributed by atoms with Gasteiger partial charge in [-0.3, -0.25) is 0 Å². The zero-order valence-electron chi connectivity index (χ0n) is 11.6. The van der Waals surface area contributed by atoms with Gasteiger partial charge in [-0.05, 0) is 37.0 Å². The summed E-state index contributed by atoms with van der Waals surface area (Å²) in [5, 5.41) is 0. The van der Waals surface area contributed by atoms with Gasteiger partial charge in [-0.1, -0.05) is 0 Å². The van der Waals surface area contributed by atoms with E-state index in [-0.39, 0.29) is 4.90 Å². The molecule has 0 bridgehead atoms. The van der Waals surface area contributed by atoms with Crippen LogP contribution in [0.1, 0.15) is 12.8 Å². The molecule has 0 aliphatic heterocycles. The van der Waals surface area contributed by atoms with Crippen LogP contribution in [-0.4, -0.2) is 40.4 Å². The largest absolute Gasteiger partial charge is 0.397 e. The molecule has 6 heteroatoms. The van der Waals surface area contributed by atoms with Crippen LogP contribution in [-0.2, 0) is 10.0 Å². The van der Waals surface area contributed by atoms with Crippen molar-refractivity contribution in [1.82, 2.24) is 4.31 Å². The molecule has 0 atom stereocenters. The first-order valence-electron chi connectivity index (χ1n) is 6.35. The van der Waals surface area contributed by atoms with Crippen LogP contribution in [0.25, 0.3) is 0 Å². The van der Waals surface area contributed by atoms with E-state index in [0.717, 1.165) is 18.2 Å². The molecule has 1 aliphatic rings. The molecular weight excluding hydrogens is 262 g/mol. The van der Waals surface area contributed by atoms with Crippen LogP contribution in [0.3, 0.4) is 0 Å². The number of benzene rings is 1. The Bertz CT molecular complexity index is 565. The minimum atomic E-state index is -3.42. The molecule has 1 aliphatic carbocycles. The Morgan fingerprint density at radius 2 is 1.89 bits per heavy atom. The minimum absolute atomic E-state index is 0.235. The van der Waals surface area contributed by atoms with Gasteiger partial charge in [-0.25, -0.2) is 12.7 Å². The van der Waals surface area contributed by atoms with Gasteiger partial charge >= 0.3 is 0 Å². The number of nitrogen functional groups attached to an aromatic ring is 1. The molecule has 106 valence electrons. The Morgan fingerprint density at radius 3 is 2.37 bits per heavy atom. The Kier molecular flexibility index (Phi) is 3.73. The summed E-state index contributed by atoms with van der Waals surface area (Å²) in [6, 6.07) is 4.94. The predicted molar refractivity (Wildman–Crippen MR) is 77.7 cm³/mol. The van der Waals surface area contributed by atoms with E-state index in [1.807, 2.05) is 7.05 Å². The van der Waals surface area contributed by atoms with Crippen LogP contribution in [0, 0.1) is 5.92 Å². The average Bonchev–Trinajstić information content (AvgIpc) is 3.12. The summed E-state index contributed by atoms with van der Waals surface area (Å²) in [6.45, 7) is 0.976. The Labute approximate surface area is 115 Å². The molecule has 5 nitrogen and oxygen atoms in total. The van der Waals surface area contributed by atoms with Crippen LogP contribution >= 0.6 is 0 Å². The van der Waals surface area contributed by atoms with Crippen molar-refractivity contribution in [3.63, 3.8) is 0 Å². The number of anilines is 2. The lowest BCUT2D eigenvalue weighted by molar-refractivity contribution is 0.521. The first-order chi connectivity index (χ1) is 8.82. The van der Waals surface area contributed by atoms with Gasteiger partial charge in [-0.15, -0.1) is 0 Å². The number of nitrogens with zero attached hydrogens (tertiary/aromatic N) is 2. The zero-order valence-corrected chi connectivity index (χ0v) is 12.4. The molecule has 1 saturated carbocycles. The van der Waals surface area contributed by atoms with Gasteiger partial charge in [-0.2, -0.15) is 0 Å². The van der Waals surface area contributed by atoms with E-state index >= 15 is 0 Å². The van der Waals surface area contributed by atoms with Crippen LogP contribution in [0.5, 0.6) is 0 Å². The van der Waals surface area contributed by atoms with Gasteiger partial charge in [0, 0.05) is 27.7 Å². The van der Waals surface area contributed by atoms with Crippen LogP contribution in [0.2, 0.25) is 0 Å². The van der Waals surface area contributed by atoms with E-state index in [1.54, 1.807) is 12.1 Å². The molecule has 0 radical (unpaired) electrons. The van der Waals surface area contributed by atoms with Gasteiger partial charge in [0.2, 0.25) is 10.0 Å². The first-order valence-corrected chi connectivity index (χ1v) is 7.79. The van der Waals surface area contributed by atoms with Crippen molar-refractivity contribution in [2.45, 2.75) is 17.7 Å². The minimum Gasteiger partial charge on any atom is -0.397 e. The molecule has 0 spiro atoms. The van der Waals surface area contributed by atoms with Crippen LogP contribution in [0.4, 0.5) is 11.4 Å². The maximum absolute atomic E-state index is 12.0. The van der Waals surface area contributed by atoms with Crippen molar-refractivity contribution < 1.29 is 8.42 Å². The van der Waals surface area contributed by atoms with E-state index in [1.165, 1.54) is 37.3 Å². The highest BCUT2D eigenvalue weighted by Gasteiger charge is 2.24. The molecule has 0 unspecified atom stereocenters. The Balaban J connectivity index is 2.26. The smallest absolute Gasteiger partial charge is 0.242 e. The summed E-state index contributed by atoms with van der Waals surface area (Å²) in [5.74, 6) is 0.759. The third kappa shape index (κ3) is 3.01. The molecule has 2 N–H and O–H groups in total. The van der Waals surface area contributed by atoms with E-state index in [0.29, 0.717) is 5.69 Å². The SMILES string of the molecule is CN(CC1CC1)c1ccc(S(=O)(=O)N(C)C)cc1N. The summed E-state index contributed by atoms with van der Waals surface area (Å²) in [6.07, 6.45) is 2.55. The van der Waals surface area contributed by atoms with Gasteiger partial charge in [0.05, 0.1) is 16.3 Å². The lowest BCUT2D eigenvalue weighted by atomic mass is 10.2. The summed E-state index contributed by atoms with van der Waals surface area (Å²) in [5.41, 5.74) is 7.39. The van der Waals surface area contributed by atoms with E-state index in [9.17, 15) is 8.42 Å². The number of hydrogen-bond acceptors (Lipinski definition) is 4. The molecule has 19 heavy (non-hydrogen) atoms. The monoisotopic (exact) mass is 283 g/mol. The third-order valence-corrected chi connectivity index (χ3v) is 5.23. The summed E-state index contributed by atoms with van der Waals surface area (Å²) < 4.78 is 25.2. The van der Waals surface area contributed by atoms with E-state index < -0.39 is 10.0 Å². The second-order valence-corrected chi connectivity index (χ2v) is 7.48. The molecular formula is C13H21N3O2S. The van der Waals surface area contributed by atoms with Gasteiger partial charge < -0.3 is 10.6 Å². The highest BCUT2D eigenvalue weighted by atomic mass is 32.2. The van der Waals surface area contributed by atoms with Crippen molar-refractivity contribution in [3.05, 3.63) is 18.2 Å².